The van der Waals surface area contributed by atoms with Gasteiger partial charge in [-0.3, -0.25) is 0 Å². The van der Waals surface area contributed by atoms with Crippen molar-refractivity contribution in [2.24, 2.45) is 5.73 Å². The SMILES string of the molecule is CCc1ccc(S(=O)(=O)NCC2(N)CCC2)s1.Cl. The largest absolute Gasteiger partial charge is 0.324 e. The zero-order chi connectivity index (χ0) is 12.5. The molecule has 104 valence electrons. The Morgan fingerprint density at radius 2 is 2.11 bits per heavy atom. The molecule has 3 N–H and O–H groups in total. The standard InChI is InChI=1S/C11H18N2O2S2.ClH/c1-2-9-4-5-10(16-9)17(14,15)13-8-11(12)6-3-7-11;/h4-5,13H,2-3,6-8,12H2,1H3;1H. The Morgan fingerprint density at radius 3 is 2.56 bits per heavy atom. The summed E-state index contributed by atoms with van der Waals surface area (Å²) in [4.78, 5) is 1.08. The number of hydrogen-bond donors (Lipinski definition) is 2. The van der Waals surface area contributed by atoms with Crippen LogP contribution in [0.4, 0.5) is 0 Å². The van der Waals surface area contributed by atoms with Crippen LogP contribution in [0.3, 0.4) is 0 Å². The van der Waals surface area contributed by atoms with Crippen LogP contribution in [0.15, 0.2) is 16.3 Å². The highest BCUT2D eigenvalue weighted by molar-refractivity contribution is 7.91. The Kier molecular flexibility index (Phi) is 5.20. The molecule has 1 aliphatic carbocycles. The van der Waals surface area contributed by atoms with Gasteiger partial charge in [-0.15, -0.1) is 23.7 Å². The predicted molar refractivity (Wildman–Crippen MR) is 76.9 cm³/mol. The second kappa shape index (κ2) is 5.88. The lowest BCUT2D eigenvalue weighted by Gasteiger charge is -2.37. The van der Waals surface area contributed by atoms with Gasteiger partial charge in [0.2, 0.25) is 10.0 Å². The van der Waals surface area contributed by atoms with Gasteiger partial charge in [0.25, 0.3) is 0 Å². The molecule has 0 bridgehead atoms. The van der Waals surface area contributed by atoms with Gasteiger partial charge >= 0.3 is 0 Å². The van der Waals surface area contributed by atoms with Crippen molar-refractivity contribution in [1.29, 1.82) is 0 Å². The fraction of sp³-hybridized carbons (Fsp3) is 0.636. The lowest BCUT2D eigenvalue weighted by Crippen LogP contribution is -2.54. The van der Waals surface area contributed by atoms with E-state index in [2.05, 4.69) is 4.72 Å². The highest BCUT2D eigenvalue weighted by Crippen LogP contribution is 2.29. The van der Waals surface area contributed by atoms with Crippen LogP contribution in [0, 0.1) is 0 Å². The van der Waals surface area contributed by atoms with Gasteiger partial charge in [0.05, 0.1) is 0 Å². The van der Waals surface area contributed by atoms with Crippen molar-refractivity contribution in [2.75, 3.05) is 6.54 Å². The molecular formula is C11H19ClN2O2S2. The van der Waals surface area contributed by atoms with Crippen molar-refractivity contribution in [1.82, 2.24) is 4.72 Å². The van der Waals surface area contributed by atoms with E-state index in [1.807, 2.05) is 13.0 Å². The maximum absolute atomic E-state index is 12.0. The molecule has 1 aromatic rings. The third kappa shape index (κ3) is 3.45. The van der Waals surface area contributed by atoms with E-state index in [0.717, 1.165) is 30.6 Å². The van der Waals surface area contributed by atoms with Crippen LogP contribution in [0.5, 0.6) is 0 Å². The number of halogens is 1. The molecule has 1 aliphatic rings. The van der Waals surface area contributed by atoms with Crippen LogP contribution in [-0.2, 0) is 16.4 Å². The Morgan fingerprint density at radius 1 is 1.44 bits per heavy atom. The number of hydrogen-bond acceptors (Lipinski definition) is 4. The summed E-state index contributed by atoms with van der Waals surface area (Å²) in [6.07, 6.45) is 3.76. The molecule has 0 amide bonds. The molecule has 1 aromatic heterocycles. The summed E-state index contributed by atoms with van der Waals surface area (Å²) < 4.78 is 27.0. The minimum atomic E-state index is -3.37. The van der Waals surface area contributed by atoms with E-state index in [1.54, 1.807) is 6.07 Å². The van der Waals surface area contributed by atoms with Crippen molar-refractivity contribution < 1.29 is 8.42 Å². The van der Waals surface area contributed by atoms with Gasteiger partial charge in [0.1, 0.15) is 4.21 Å². The topological polar surface area (TPSA) is 72.2 Å². The van der Waals surface area contributed by atoms with E-state index >= 15 is 0 Å². The normalized spacial score (nSPS) is 17.9. The molecule has 0 aliphatic heterocycles. The van der Waals surface area contributed by atoms with Crippen LogP contribution in [0.25, 0.3) is 0 Å². The van der Waals surface area contributed by atoms with Crippen molar-refractivity contribution in [3.05, 3.63) is 17.0 Å². The second-order valence-electron chi connectivity index (χ2n) is 4.61. The Hall–Kier alpha value is -0.140. The summed E-state index contributed by atoms with van der Waals surface area (Å²) in [7, 11) is -3.37. The average Bonchev–Trinajstić information content (AvgIpc) is 2.73. The number of aryl methyl sites for hydroxylation is 1. The molecule has 0 atom stereocenters. The molecule has 2 rings (SSSR count). The number of nitrogens with one attached hydrogen (secondary N) is 1. The molecular weight excluding hydrogens is 292 g/mol. The average molecular weight is 311 g/mol. The maximum Gasteiger partial charge on any atom is 0.250 e. The quantitative estimate of drug-likeness (QED) is 0.872. The summed E-state index contributed by atoms with van der Waals surface area (Å²) in [5.74, 6) is 0. The first kappa shape index (κ1) is 15.9. The molecule has 1 saturated carbocycles. The van der Waals surface area contributed by atoms with Gasteiger partial charge in [-0.25, -0.2) is 13.1 Å². The monoisotopic (exact) mass is 310 g/mol. The first-order chi connectivity index (χ1) is 7.95. The molecule has 0 unspecified atom stereocenters. The zero-order valence-corrected chi connectivity index (χ0v) is 12.8. The molecule has 0 aromatic carbocycles. The molecule has 7 heteroatoms. The Labute approximate surface area is 118 Å². The maximum atomic E-state index is 12.0. The van der Waals surface area contributed by atoms with Crippen molar-refractivity contribution in [3.63, 3.8) is 0 Å². The first-order valence-electron chi connectivity index (χ1n) is 5.82. The van der Waals surface area contributed by atoms with Gasteiger partial charge in [-0.1, -0.05) is 6.92 Å². The molecule has 0 spiro atoms. The van der Waals surface area contributed by atoms with E-state index in [1.165, 1.54) is 11.3 Å². The summed E-state index contributed by atoms with van der Waals surface area (Å²) in [5, 5.41) is 0. The van der Waals surface area contributed by atoms with Crippen LogP contribution in [0.1, 0.15) is 31.1 Å². The van der Waals surface area contributed by atoms with Gasteiger partial charge < -0.3 is 5.73 Å². The van der Waals surface area contributed by atoms with Crippen LogP contribution >= 0.6 is 23.7 Å². The Balaban J connectivity index is 0.00000162. The number of rotatable bonds is 5. The van der Waals surface area contributed by atoms with E-state index in [4.69, 9.17) is 5.73 Å². The smallest absolute Gasteiger partial charge is 0.250 e. The molecule has 1 fully saturated rings. The van der Waals surface area contributed by atoms with E-state index < -0.39 is 10.0 Å². The van der Waals surface area contributed by atoms with E-state index in [9.17, 15) is 8.42 Å². The van der Waals surface area contributed by atoms with Crippen molar-refractivity contribution >= 4 is 33.8 Å². The fourth-order valence-corrected chi connectivity index (χ4v) is 4.29. The molecule has 1 heterocycles. The van der Waals surface area contributed by atoms with Gasteiger partial charge in [0.15, 0.2) is 0 Å². The highest BCUT2D eigenvalue weighted by Gasteiger charge is 2.33. The summed E-state index contributed by atoms with van der Waals surface area (Å²) in [6.45, 7) is 2.35. The molecule has 4 nitrogen and oxygen atoms in total. The Bertz CT molecular complexity index is 495. The lowest BCUT2D eigenvalue weighted by atomic mass is 9.78. The van der Waals surface area contributed by atoms with E-state index in [0.29, 0.717) is 10.8 Å². The third-order valence-corrected chi connectivity index (χ3v) is 6.34. The van der Waals surface area contributed by atoms with Gasteiger partial charge in [-0.2, -0.15) is 0 Å². The van der Waals surface area contributed by atoms with Crippen LogP contribution in [-0.4, -0.2) is 20.5 Å². The predicted octanol–water partition coefficient (Wildman–Crippen LogP) is 1.89. The summed E-state index contributed by atoms with van der Waals surface area (Å²) in [5.41, 5.74) is 5.67. The van der Waals surface area contributed by atoms with Gasteiger partial charge in [0, 0.05) is 17.0 Å². The zero-order valence-electron chi connectivity index (χ0n) is 10.3. The minimum absolute atomic E-state index is 0. The first-order valence-corrected chi connectivity index (χ1v) is 8.12. The number of sulfonamides is 1. The third-order valence-electron chi connectivity index (χ3n) is 3.21. The minimum Gasteiger partial charge on any atom is -0.324 e. The second-order valence-corrected chi connectivity index (χ2v) is 7.78. The summed E-state index contributed by atoms with van der Waals surface area (Å²) >= 11 is 1.32. The summed E-state index contributed by atoms with van der Waals surface area (Å²) in [6, 6.07) is 3.52. The van der Waals surface area contributed by atoms with Crippen molar-refractivity contribution in [2.45, 2.75) is 42.4 Å². The highest BCUT2D eigenvalue weighted by atomic mass is 35.5. The molecule has 0 saturated heterocycles. The molecule has 0 radical (unpaired) electrons. The van der Waals surface area contributed by atoms with Gasteiger partial charge in [-0.05, 0) is 37.8 Å². The van der Waals surface area contributed by atoms with Crippen molar-refractivity contribution in [3.8, 4) is 0 Å². The number of nitrogens with two attached hydrogens (primary N) is 1. The number of thiophene rings is 1. The van der Waals surface area contributed by atoms with Crippen LogP contribution in [0.2, 0.25) is 0 Å². The molecule has 18 heavy (non-hydrogen) atoms. The lowest BCUT2D eigenvalue weighted by molar-refractivity contribution is 0.251. The fourth-order valence-electron chi connectivity index (χ4n) is 1.81. The van der Waals surface area contributed by atoms with E-state index in [-0.39, 0.29) is 17.9 Å². The van der Waals surface area contributed by atoms with Crippen LogP contribution < -0.4 is 10.5 Å².